The van der Waals surface area contributed by atoms with Crippen molar-refractivity contribution < 1.29 is 4.39 Å². The van der Waals surface area contributed by atoms with Gasteiger partial charge in [0, 0.05) is 35.3 Å². The number of benzene rings is 3. The zero-order chi connectivity index (χ0) is 18.2. The van der Waals surface area contributed by atoms with E-state index in [2.05, 4.69) is 45.8 Å². The molecule has 0 amide bonds. The molecule has 0 aliphatic heterocycles. The molecule has 0 saturated heterocycles. The minimum Gasteiger partial charge on any atom is -0.381 e. The number of aromatic amines is 1. The molecule has 0 spiro atoms. The number of anilines is 1. The van der Waals surface area contributed by atoms with Crippen molar-refractivity contribution in [3.05, 3.63) is 95.3 Å². The van der Waals surface area contributed by atoms with Crippen molar-refractivity contribution in [2.45, 2.75) is 13.0 Å². The van der Waals surface area contributed by atoms with Crippen LogP contribution in [0.2, 0.25) is 0 Å². The number of fused-ring (bicyclic) bond motifs is 3. The Labute approximate surface area is 156 Å². The maximum atomic E-state index is 13.0. The summed E-state index contributed by atoms with van der Waals surface area (Å²) in [5.41, 5.74) is 9.17. The maximum absolute atomic E-state index is 13.0. The lowest BCUT2D eigenvalue weighted by Gasteiger charge is -2.09. The molecule has 0 saturated carbocycles. The third-order valence-electron chi connectivity index (χ3n) is 5.07. The number of aromatic nitrogens is 2. The second-order valence-electron chi connectivity index (χ2n) is 6.82. The van der Waals surface area contributed by atoms with Gasteiger partial charge in [-0.05, 0) is 35.4 Å². The Balaban J connectivity index is 1.38. The zero-order valence-electron chi connectivity index (χ0n) is 14.7. The summed E-state index contributed by atoms with van der Waals surface area (Å²) in [6.45, 7) is 0.668. The van der Waals surface area contributed by atoms with Gasteiger partial charge in [-0.3, -0.25) is 5.10 Å². The molecule has 2 N–H and O–H groups in total. The van der Waals surface area contributed by atoms with Crippen LogP contribution < -0.4 is 5.32 Å². The fourth-order valence-corrected chi connectivity index (χ4v) is 3.69. The molecule has 1 aliphatic carbocycles. The summed E-state index contributed by atoms with van der Waals surface area (Å²) in [4.78, 5) is 0. The highest BCUT2D eigenvalue weighted by Gasteiger charge is 2.25. The molecule has 0 radical (unpaired) electrons. The second-order valence-corrected chi connectivity index (χ2v) is 6.82. The first-order valence-corrected chi connectivity index (χ1v) is 9.02. The van der Waals surface area contributed by atoms with Crippen LogP contribution in [0.4, 0.5) is 10.1 Å². The summed E-state index contributed by atoms with van der Waals surface area (Å²) in [6, 6.07) is 23.3. The minimum absolute atomic E-state index is 0.208. The smallest absolute Gasteiger partial charge is 0.123 e. The van der Waals surface area contributed by atoms with Crippen molar-refractivity contribution >= 4 is 5.69 Å². The molecule has 0 bridgehead atoms. The Morgan fingerprint density at radius 1 is 0.963 bits per heavy atom. The molecule has 4 heteroatoms. The predicted molar refractivity (Wildman–Crippen MR) is 106 cm³/mol. The van der Waals surface area contributed by atoms with Crippen molar-refractivity contribution in [3.8, 4) is 22.5 Å². The molecule has 0 atom stereocenters. The van der Waals surface area contributed by atoms with Crippen LogP contribution in [0.15, 0.2) is 72.8 Å². The van der Waals surface area contributed by atoms with Gasteiger partial charge in [-0.25, -0.2) is 4.39 Å². The van der Waals surface area contributed by atoms with Gasteiger partial charge in [-0.2, -0.15) is 5.10 Å². The standard InChI is InChI=1S/C23H18FN3/c24-18-8-6-15(7-9-18)14-25-19-10-11-20-17(12-19)13-21-22(26-27-23(20)21)16-4-2-1-3-5-16/h1-12,25H,13-14H2,(H,26,27). The van der Waals surface area contributed by atoms with Crippen LogP contribution >= 0.6 is 0 Å². The topological polar surface area (TPSA) is 40.7 Å². The van der Waals surface area contributed by atoms with Crippen LogP contribution in [0.1, 0.15) is 16.7 Å². The molecule has 27 heavy (non-hydrogen) atoms. The van der Waals surface area contributed by atoms with Gasteiger partial charge in [0.25, 0.3) is 0 Å². The molecule has 1 aromatic heterocycles. The van der Waals surface area contributed by atoms with E-state index in [1.54, 1.807) is 12.1 Å². The van der Waals surface area contributed by atoms with Crippen LogP contribution in [-0.2, 0) is 13.0 Å². The Bertz CT molecular complexity index is 1100. The first kappa shape index (κ1) is 15.8. The van der Waals surface area contributed by atoms with Gasteiger partial charge in [-0.15, -0.1) is 0 Å². The molecule has 1 aliphatic rings. The highest BCUT2D eigenvalue weighted by Crippen LogP contribution is 2.40. The van der Waals surface area contributed by atoms with Gasteiger partial charge < -0.3 is 5.32 Å². The lowest BCUT2D eigenvalue weighted by Crippen LogP contribution is -2.00. The van der Waals surface area contributed by atoms with Crippen LogP contribution in [0, 0.1) is 5.82 Å². The molecule has 1 heterocycles. The van der Waals surface area contributed by atoms with Gasteiger partial charge in [0.15, 0.2) is 0 Å². The normalized spacial score (nSPS) is 11.9. The van der Waals surface area contributed by atoms with Gasteiger partial charge in [0.2, 0.25) is 0 Å². The van der Waals surface area contributed by atoms with Gasteiger partial charge >= 0.3 is 0 Å². The number of halogens is 1. The van der Waals surface area contributed by atoms with E-state index in [9.17, 15) is 4.39 Å². The molecule has 0 unspecified atom stereocenters. The van der Waals surface area contributed by atoms with E-state index in [0.717, 1.165) is 34.6 Å². The number of H-pyrrole nitrogens is 1. The quantitative estimate of drug-likeness (QED) is 0.453. The third-order valence-corrected chi connectivity index (χ3v) is 5.07. The van der Waals surface area contributed by atoms with Crippen LogP contribution in [0.25, 0.3) is 22.5 Å². The molecular formula is C23H18FN3. The number of hydrogen-bond acceptors (Lipinski definition) is 2. The van der Waals surface area contributed by atoms with Crippen molar-refractivity contribution in [1.82, 2.24) is 10.2 Å². The zero-order valence-corrected chi connectivity index (χ0v) is 14.7. The monoisotopic (exact) mass is 355 g/mol. The van der Waals surface area contributed by atoms with Gasteiger partial charge in [0.1, 0.15) is 5.82 Å². The third kappa shape index (κ3) is 2.89. The average Bonchev–Trinajstić information content (AvgIpc) is 3.27. The second kappa shape index (κ2) is 6.40. The average molecular weight is 355 g/mol. The van der Waals surface area contributed by atoms with Crippen LogP contribution in [0.5, 0.6) is 0 Å². The van der Waals surface area contributed by atoms with Crippen LogP contribution in [-0.4, -0.2) is 10.2 Å². The predicted octanol–water partition coefficient (Wildman–Crippen LogP) is 5.40. The molecular weight excluding hydrogens is 337 g/mol. The molecule has 3 nitrogen and oxygen atoms in total. The SMILES string of the molecule is Fc1ccc(CNc2ccc3c(c2)Cc2c(-c4ccccc4)n[nH]c2-3)cc1. The number of nitrogens with one attached hydrogen (secondary N) is 2. The first-order chi connectivity index (χ1) is 13.3. The van der Waals surface area contributed by atoms with Crippen molar-refractivity contribution in [1.29, 1.82) is 0 Å². The van der Waals surface area contributed by atoms with E-state index in [1.165, 1.54) is 28.8 Å². The maximum Gasteiger partial charge on any atom is 0.123 e. The highest BCUT2D eigenvalue weighted by atomic mass is 19.1. The van der Waals surface area contributed by atoms with Crippen LogP contribution in [0.3, 0.4) is 0 Å². The van der Waals surface area contributed by atoms with E-state index >= 15 is 0 Å². The lowest BCUT2D eigenvalue weighted by atomic mass is 10.1. The Hall–Kier alpha value is -3.40. The molecule has 5 rings (SSSR count). The summed E-state index contributed by atoms with van der Waals surface area (Å²) >= 11 is 0. The largest absolute Gasteiger partial charge is 0.381 e. The molecule has 4 aromatic rings. The van der Waals surface area contributed by atoms with E-state index in [0.29, 0.717) is 6.54 Å². The summed E-state index contributed by atoms with van der Waals surface area (Å²) in [5, 5.41) is 11.2. The number of hydrogen-bond donors (Lipinski definition) is 2. The van der Waals surface area contributed by atoms with E-state index in [-0.39, 0.29) is 5.82 Å². The van der Waals surface area contributed by atoms with Gasteiger partial charge in [-0.1, -0.05) is 48.5 Å². The van der Waals surface area contributed by atoms with E-state index < -0.39 is 0 Å². The van der Waals surface area contributed by atoms with Gasteiger partial charge in [0.05, 0.1) is 11.4 Å². The summed E-state index contributed by atoms with van der Waals surface area (Å²) in [7, 11) is 0. The van der Waals surface area contributed by atoms with Crippen molar-refractivity contribution in [3.63, 3.8) is 0 Å². The minimum atomic E-state index is -0.208. The fraction of sp³-hybridized carbons (Fsp3) is 0.0870. The molecule has 132 valence electrons. The van der Waals surface area contributed by atoms with E-state index in [4.69, 9.17) is 0 Å². The van der Waals surface area contributed by atoms with Crippen molar-refractivity contribution in [2.75, 3.05) is 5.32 Å². The number of nitrogens with zero attached hydrogens (tertiary/aromatic N) is 1. The lowest BCUT2D eigenvalue weighted by molar-refractivity contribution is 0.627. The van der Waals surface area contributed by atoms with E-state index in [1.807, 2.05) is 18.2 Å². The Morgan fingerprint density at radius 3 is 2.59 bits per heavy atom. The Kier molecular flexibility index (Phi) is 3.75. The molecule has 3 aromatic carbocycles. The first-order valence-electron chi connectivity index (χ1n) is 9.02. The summed E-state index contributed by atoms with van der Waals surface area (Å²) in [5.74, 6) is -0.208. The Morgan fingerprint density at radius 2 is 1.78 bits per heavy atom. The number of rotatable bonds is 4. The fourth-order valence-electron chi connectivity index (χ4n) is 3.69. The summed E-state index contributed by atoms with van der Waals surface area (Å²) in [6.07, 6.45) is 0.872. The van der Waals surface area contributed by atoms with Crippen molar-refractivity contribution in [2.24, 2.45) is 0 Å². The molecule has 0 fully saturated rings. The summed E-state index contributed by atoms with van der Waals surface area (Å²) < 4.78 is 13.0. The highest BCUT2D eigenvalue weighted by molar-refractivity contribution is 5.82.